The van der Waals surface area contributed by atoms with Crippen LogP contribution in [-0.4, -0.2) is 36.5 Å². The Morgan fingerprint density at radius 1 is 1.07 bits per heavy atom. The molecule has 2 N–H and O–H groups in total. The van der Waals surface area contributed by atoms with E-state index >= 15 is 0 Å². The Balaban J connectivity index is 1.70. The minimum Gasteiger partial charge on any atom is -0.448 e. The molecule has 0 saturated carbocycles. The van der Waals surface area contributed by atoms with Crippen molar-refractivity contribution in [3.8, 4) is 0 Å². The van der Waals surface area contributed by atoms with Gasteiger partial charge in [-0.05, 0) is 37.6 Å². The summed E-state index contributed by atoms with van der Waals surface area (Å²) in [5.41, 5.74) is 6.81. The molecule has 1 unspecified atom stereocenters. The number of rotatable bonds is 6. The van der Waals surface area contributed by atoms with Crippen LogP contribution in [0.3, 0.4) is 0 Å². The van der Waals surface area contributed by atoms with Gasteiger partial charge in [-0.25, -0.2) is 4.79 Å². The van der Waals surface area contributed by atoms with E-state index in [1.807, 2.05) is 54.6 Å². The van der Waals surface area contributed by atoms with Crippen molar-refractivity contribution in [3.05, 3.63) is 70.7 Å². The Morgan fingerprint density at radius 2 is 1.70 bits per heavy atom. The molecule has 1 fully saturated rings. The number of hydrogen-bond acceptors (Lipinski definition) is 4. The van der Waals surface area contributed by atoms with Gasteiger partial charge >= 0.3 is 6.09 Å². The summed E-state index contributed by atoms with van der Waals surface area (Å²) < 4.78 is 5.08. The van der Waals surface area contributed by atoms with Gasteiger partial charge in [-0.3, -0.25) is 9.69 Å². The van der Waals surface area contributed by atoms with Gasteiger partial charge in [0.2, 0.25) is 0 Å². The molecule has 2 aromatic rings. The lowest BCUT2D eigenvalue weighted by molar-refractivity contribution is 0.0627. The number of ether oxygens (including phenoxy) is 1. The van der Waals surface area contributed by atoms with Crippen molar-refractivity contribution in [2.45, 2.75) is 18.9 Å². The Morgan fingerprint density at radius 3 is 2.33 bits per heavy atom. The maximum atomic E-state index is 12.7. The molecule has 1 aliphatic rings. The maximum Gasteiger partial charge on any atom is 0.404 e. The first-order valence-electron chi connectivity index (χ1n) is 9.06. The van der Waals surface area contributed by atoms with E-state index in [-0.39, 0.29) is 24.3 Å². The second-order valence-electron chi connectivity index (χ2n) is 6.71. The van der Waals surface area contributed by atoms with Crippen LogP contribution in [0.4, 0.5) is 4.79 Å². The van der Waals surface area contributed by atoms with Crippen LogP contribution in [0.1, 0.15) is 34.8 Å². The number of nitrogens with two attached hydrogens (primary N) is 1. The molecule has 0 aromatic heterocycles. The largest absolute Gasteiger partial charge is 0.448 e. The van der Waals surface area contributed by atoms with E-state index in [9.17, 15) is 9.59 Å². The molecule has 0 radical (unpaired) electrons. The number of piperidine rings is 1. The van der Waals surface area contributed by atoms with Crippen molar-refractivity contribution >= 4 is 23.5 Å². The van der Waals surface area contributed by atoms with Crippen molar-refractivity contribution in [1.29, 1.82) is 0 Å². The first-order valence-corrected chi connectivity index (χ1v) is 9.44. The number of carbonyl (C=O) groups is 2. The highest BCUT2D eigenvalue weighted by Gasteiger charge is 2.31. The van der Waals surface area contributed by atoms with Gasteiger partial charge in [0.05, 0.1) is 6.04 Å². The average Bonchev–Trinajstić information content (AvgIpc) is 2.70. The number of carbonyl (C=O) groups excluding carboxylic acids is 2. The Bertz CT molecular complexity index is 789. The van der Waals surface area contributed by atoms with Crippen molar-refractivity contribution in [1.82, 2.24) is 4.90 Å². The molecule has 1 aliphatic heterocycles. The summed E-state index contributed by atoms with van der Waals surface area (Å²) in [6.07, 6.45) is 0.706. The Hall–Kier alpha value is -2.37. The second-order valence-corrected chi connectivity index (χ2v) is 7.12. The van der Waals surface area contributed by atoms with Crippen molar-refractivity contribution in [2.75, 3.05) is 19.7 Å². The minimum absolute atomic E-state index is 0.00704. The molecule has 1 saturated heterocycles. The first-order chi connectivity index (χ1) is 13.1. The van der Waals surface area contributed by atoms with E-state index < -0.39 is 6.09 Å². The topological polar surface area (TPSA) is 72.6 Å². The Kier molecular flexibility index (Phi) is 6.48. The third kappa shape index (κ3) is 4.87. The zero-order valence-corrected chi connectivity index (χ0v) is 15.8. The summed E-state index contributed by atoms with van der Waals surface area (Å²) in [6.45, 7) is 1.58. The fourth-order valence-electron chi connectivity index (χ4n) is 3.61. The number of primary amides is 1. The summed E-state index contributed by atoms with van der Waals surface area (Å²) in [7, 11) is 0. The van der Waals surface area contributed by atoms with Gasteiger partial charge in [-0.1, -0.05) is 60.1 Å². The average molecular weight is 387 g/mol. The molecule has 27 heavy (non-hydrogen) atoms. The first kappa shape index (κ1) is 19.4. The van der Waals surface area contributed by atoms with E-state index in [0.717, 1.165) is 37.1 Å². The highest BCUT2D eigenvalue weighted by atomic mass is 35.5. The summed E-state index contributed by atoms with van der Waals surface area (Å²) >= 11 is 6.36. The predicted molar refractivity (Wildman–Crippen MR) is 105 cm³/mol. The quantitative estimate of drug-likeness (QED) is 0.759. The molecule has 3 rings (SSSR count). The third-order valence-corrected chi connectivity index (χ3v) is 5.39. The van der Waals surface area contributed by atoms with E-state index in [1.54, 1.807) is 0 Å². The smallest absolute Gasteiger partial charge is 0.404 e. The standard InChI is InChI=1S/C21H23ClN2O3/c22-18-9-5-4-8-17(18)19(14-27-21(23)26)24-12-10-16(11-13-24)20(25)15-6-2-1-3-7-15/h1-9,16,19H,10-14H2,(H2,23,26). The van der Waals surface area contributed by atoms with Gasteiger partial charge in [0.25, 0.3) is 0 Å². The zero-order chi connectivity index (χ0) is 19.2. The van der Waals surface area contributed by atoms with Crippen molar-refractivity contribution < 1.29 is 14.3 Å². The molecule has 0 aliphatic carbocycles. The van der Waals surface area contributed by atoms with Gasteiger partial charge in [-0.2, -0.15) is 0 Å². The molecule has 2 aromatic carbocycles. The molecule has 1 amide bonds. The van der Waals surface area contributed by atoms with E-state index in [0.29, 0.717) is 5.02 Å². The van der Waals surface area contributed by atoms with Crippen LogP contribution in [0.25, 0.3) is 0 Å². The fourth-order valence-corrected chi connectivity index (χ4v) is 3.87. The Labute approximate surface area is 164 Å². The number of Topliss-reactive ketones (excluding diaryl/α,β-unsaturated/α-hetero) is 1. The molecule has 6 heteroatoms. The summed E-state index contributed by atoms with van der Waals surface area (Å²) in [5, 5.41) is 0.623. The molecule has 5 nitrogen and oxygen atoms in total. The highest BCUT2D eigenvalue weighted by molar-refractivity contribution is 6.31. The number of nitrogens with zero attached hydrogens (tertiary/aromatic N) is 1. The molecule has 0 spiro atoms. The number of halogens is 1. The van der Waals surface area contributed by atoms with Gasteiger partial charge in [-0.15, -0.1) is 0 Å². The number of amides is 1. The van der Waals surface area contributed by atoms with Gasteiger partial charge in [0.1, 0.15) is 6.61 Å². The summed E-state index contributed by atoms with van der Waals surface area (Å²) in [6, 6.07) is 16.7. The second kappa shape index (κ2) is 9.02. The normalized spacial score (nSPS) is 16.6. The molecular weight excluding hydrogens is 364 g/mol. The van der Waals surface area contributed by atoms with E-state index in [1.165, 1.54) is 0 Å². The molecule has 1 atom stereocenters. The van der Waals surface area contributed by atoms with Gasteiger partial charge in [0, 0.05) is 16.5 Å². The van der Waals surface area contributed by atoms with Crippen LogP contribution in [0.2, 0.25) is 5.02 Å². The molecule has 0 bridgehead atoms. The van der Waals surface area contributed by atoms with Crippen LogP contribution in [-0.2, 0) is 4.74 Å². The van der Waals surface area contributed by atoms with Gasteiger partial charge in [0.15, 0.2) is 5.78 Å². The lowest BCUT2D eigenvalue weighted by Gasteiger charge is -2.37. The lowest BCUT2D eigenvalue weighted by atomic mass is 9.88. The van der Waals surface area contributed by atoms with Crippen LogP contribution in [0, 0.1) is 5.92 Å². The van der Waals surface area contributed by atoms with Crippen LogP contribution >= 0.6 is 11.6 Å². The van der Waals surface area contributed by atoms with Gasteiger partial charge < -0.3 is 10.5 Å². The predicted octanol–water partition coefficient (Wildman–Crippen LogP) is 4.07. The third-order valence-electron chi connectivity index (χ3n) is 5.05. The fraction of sp³-hybridized carbons (Fsp3) is 0.333. The monoisotopic (exact) mass is 386 g/mol. The SMILES string of the molecule is NC(=O)OCC(c1ccccc1Cl)N1CCC(C(=O)c2ccccc2)CC1. The number of hydrogen-bond donors (Lipinski definition) is 1. The number of ketones is 1. The summed E-state index contributed by atoms with van der Waals surface area (Å²) in [5.74, 6) is 0.200. The van der Waals surface area contributed by atoms with E-state index in [4.69, 9.17) is 22.1 Å². The molecule has 142 valence electrons. The minimum atomic E-state index is -0.804. The number of benzene rings is 2. The van der Waals surface area contributed by atoms with Crippen LogP contribution in [0.5, 0.6) is 0 Å². The van der Waals surface area contributed by atoms with E-state index in [2.05, 4.69) is 4.90 Å². The highest BCUT2D eigenvalue weighted by Crippen LogP contribution is 2.32. The van der Waals surface area contributed by atoms with Crippen molar-refractivity contribution in [3.63, 3.8) is 0 Å². The summed E-state index contributed by atoms with van der Waals surface area (Å²) in [4.78, 5) is 26.0. The maximum absolute atomic E-state index is 12.7. The van der Waals surface area contributed by atoms with Crippen molar-refractivity contribution in [2.24, 2.45) is 11.7 Å². The van der Waals surface area contributed by atoms with Crippen LogP contribution in [0.15, 0.2) is 54.6 Å². The van der Waals surface area contributed by atoms with Crippen LogP contribution < -0.4 is 5.73 Å². The molecular formula is C21H23ClN2O3. The zero-order valence-electron chi connectivity index (χ0n) is 15.0. The molecule has 1 heterocycles. The lowest BCUT2D eigenvalue weighted by Crippen LogP contribution is -2.41. The number of likely N-dealkylation sites (tertiary alicyclic amines) is 1.